The lowest BCUT2D eigenvalue weighted by Crippen LogP contribution is -2.39. The number of nitrogens with zero attached hydrogens (tertiary/aromatic N) is 1. The molecule has 0 saturated carbocycles. The third-order valence-corrected chi connectivity index (χ3v) is 7.68. The third kappa shape index (κ3) is 16.7. The summed E-state index contributed by atoms with van der Waals surface area (Å²) in [5.74, 6) is 0.931. The molecule has 2 aromatic rings. The molecule has 224 valence electrons. The SMILES string of the molecule is CCCCCCCCCCCCCc1ccccc1OCCCCOC(=O)CCC[N+](C)(C)Cc1ccccc1. The van der Waals surface area contributed by atoms with Crippen LogP contribution >= 0.6 is 0 Å². The van der Waals surface area contributed by atoms with Crippen molar-refractivity contribution in [3.63, 3.8) is 0 Å². The number of esters is 1. The lowest BCUT2D eigenvalue weighted by molar-refractivity contribution is -0.903. The Bertz CT molecular complexity index is 896. The van der Waals surface area contributed by atoms with Crippen LogP contribution in [0.25, 0.3) is 0 Å². The van der Waals surface area contributed by atoms with Crippen molar-refractivity contribution in [3.8, 4) is 5.75 Å². The van der Waals surface area contributed by atoms with Crippen molar-refractivity contribution in [2.75, 3.05) is 33.9 Å². The van der Waals surface area contributed by atoms with E-state index < -0.39 is 0 Å². The smallest absolute Gasteiger partial charge is 0.306 e. The summed E-state index contributed by atoms with van der Waals surface area (Å²) in [4.78, 5) is 12.2. The van der Waals surface area contributed by atoms with Crippen LogP contribution in [0.15, 0.2) is 54.6 Å². The second-order valence-electron chi connectivity index (χ2n) is 12.1. The number of rotatable bonds is 24. The highest BCUT2D eigenvalue weighted by Gasteiger charge is 2.16. The molecular weight excluding hydrogens is 494 g/mol. The number of carbonyl (C=O) groups is 1. The molecule has 40 heavy (non-hydrogen) atoms. The molecule has 0 N–H and O–H groups in total. The average Bonchev–Trinajstić information content (AvgIpc) is 2.94. The molecule has 0 atom stereocenters. The van der Waals surface area contributed by atoms with E-state index in [9.17, 15) is 4.79 Å². The maximum atomic E-state index is 12.2. The lowest BCUT2D eigenvalue weighted by Gasteiger charge is -2.29. The number of benzene rings is 2. The summed E-state index contributed by atoms with van der Waals surface area (Å²) in [7, 11) is 4.43. The first-order valence-corrected chi connectivity index (χ1v) is 16.2. The average molecular weight is 553 g/mol. The summed E-state index contributed by atoms with van der Waals surface area (Å²) in [6.45, 7) is 5.35. The minimum Gasteiger partial charge on any atom is -0.493 e. The van der Waals surface area contributed by atoms with Crippen molar-refractivity contribution in [2.24, 2.45) is 0 Å². The highest BCUT2D eigenvalue weighted by Crippen LogP contribution is 2.21. The molecule has 0 saturated heterocycles. The molecule has 0 spiro atoms. The summed E-state index contributed by atoms with van der Waals surface area (Å²) >= 11 is 0. The van der Waals surface area contributed by atoms with E-state index >= 15 is 0 Å². The maximum Gasteiger partial charge on any atom is 0.306 e. The standard InChI is InChI=1S/C36H58NO3/c1-4-5-6-7-8-9-10-11-12-13-17-25-34-26-18-19-27-35(34)39-30-20-21-31-40-36(38)28-22-29-37(2,3)32-33-23-15-14-16-24-33/h14-16,18-19,23-24,26-27H,4-13,17,20-22,25,28-32H2,1-3H3/q+1. The van der Waals surface area contributed by atoms with Crippen LogP contribution in [0, 0.1) is 0 Å². The van der Waals surface area contributed by atoms with Crippen LogP contribution in [0.5, 0.6) is 5.75 Å². The van der Waals surface area contributed by atoms with Crippen LogP contribution in [0.4, 0.5) is 0 Å². The van der Waals surface area contributed by atoms with E-state index in [2.05, 4.69) is 69.6 Å². The summed E-state index contributed by atoms with van der Waals surface area (Å²) in [6, 6.07) is 19.0. The fourth-order valence-corrected chi connectivity index (χ4v) is 5.28. The molecular formula is C36H58NO3+. The molecule has 0 fully saturated rings. The van der Waals surface area contributed by atoms with Gasteiger partial charge in [0.1, 0.15) is 12.3 Å². The van der Waals surface area contributed by atoms with E-state index in [4.69, 9.17) is 9.47 Å². The molecule has 0 bridgehead atoms. The van der Waals surface area contributed by atoms with Crippen molar-refractivity contribution in [2.45, 2.75) is 116 Å². The maximum absolute atomic E-state index is 12.2. The largest absolute Gasteiger partial charge is 0.493 e. The van der Waals surface area contributed by atoms with Gasteiger partial charge in [-0.2, -0.15) is 0 Å². The van der Waals surface area contributed by atoms with Crippen molar-refractivity contribution < 1.29 is 18.8 Å². The number of hydrogen-bond acceptors (Lipinski definition) is 3. The summed E-state index contributed by atoms with van der Waals surface area (Å²) < 4.78 is 12.4. The molecule has 0 heterocycles. The van der Waals surface area contributed by atoms with Gasteiger partial charge in [0, 0.05) is 12.0 Å². The first-order valence-electron chi connectivity index (χ1n) is 16.2. The van der Waals surface area contributed by atoms with Gasteiger partial charge >= 0.3 is 5.97 Å². The fraction of sp³-hybridized carbons (Fsp3) is 0.639. The van der Waals surface area contributed by atoms with Gasteiger partial charge in [0.15, 0.2) is 0 Å². The molecule has 4 heteroatoms. The highest BCUT2D eigenvalue weighted by atomic mass is 16.5. The van der Waals surface area contributed by atoms with Crippen LogP contribution in [0.2, 0.25) is 0 Å². The molecule has 4 nitrogen and oxygen atoms in total. The number of ether oxygens (including phenoxy) is 2. The Labute approximate surface area is 246 Å². The summed E-state index contributed by atoms with van der Waals surface area (Å²) in [5, 5.41) is 0. The zero-order valence-corrected chi connectivity index (χ0v) is 26.0. The second kappa shape index (κ2) is 21.4. The zero-order valence-electron chi connectivity index (χ0n) is 26.0. The van der Waals surface area contributed by atoms with Gasteiger partial charge in [0.25, 0.3) is 0 Å². The highest BCUT2D eigenvalue weighted by molar-refractivity contribution is 5.69. The van der Waals surface area contributed by atoms with E-state index in [1.807, 2.05) is 6.07 Å². The Morgan fingerprint density at radius 1 is 0.675 bits per heavy atom. The normalized spacial score (nSPS) is 11.5. The summed E-state index contributed by atoms with van der Waals surface area (Å²) in [6.07, 6.45) is 19.2. The van der Waals surface area contributed by atoms with Crippen LogP contribution in [0.3, 0.4) is 0 Å². The van der Waals surface area contributed by atoms with E-state index in [0.29, 0.717) is 19.6 Å². The number of aryl methyl sites for hydroxylation is 1. The van der Waals surface area contributed by atoms with E-state index in [1.165, 1.54) is 81.8 Å². The molecule has 0 unspecified atom stereocenters. The van der Waals surface area contributed by atoms with Crippen molar-refractivity contribution >= 4 is 5.97 Å². The second-order valence-corrected chi connectivity index (χ2v) is 12.1. The van der Waals surface area contributed by atoms with Crippen LogP contribution in [0.1, 0.15) is 114 Å². The molecule has 0 aliphatic heterocycles. The first-order chi connectivity index (χ1) is 19.5. The van der Waals surface area contributed by atoms with Gasteiger partial charge in [0.2, 0.25) is 0 Å². The summed E-state index contributed by atoms with van der Waals surface area (Å²) in [5.41, 5.74) is 2.65. The topological polar surface area (TPSA) is 35.5 Å². The molecule has 0 aromatic heterocycles. The van der Waals surface area contributed by atoms with E-state index in [1.54, 1.807) is 0 Å². The fourth-order valence-electron chi connectivity index (χ4n) is 5.28. The predicted octanol–water partition coefficient (Wildman–Crippen LogP) is 9.30. The van der Waals surface area contributed by atoms with Gasteiger partial charge < -0.3 is 14.0 Å². The number of carbonyl (C=O) groups excluding carboxylic acids is 1. The molecule has 0 aliphatic rings. The Morgan fingerprint density at radius 2 is 1.27 bits per heavy atom. The third-order valence-electron chi connectivity index (χ3n) is 7.68. The molecule has 2 rings (SSSR count). The molecule has 0 radical (unpaired) electrons. The number of hydrogen-bond donors (Lipinski definition) is 0. The van der Waals surface area contributed by atoms with Gasteiger partial charge in [0.05, 0.1) is 40.3 Å². The predicted molar refractivity (Wildman–Crippen MR) is 169 cm³/mol. The van der Waals surface area contributed by atoms with Crippen molar-refractivity contribution in [1.29, 1.82) is 0 Å². The van der Waals surface area contributed by atoms with E-state index in [0.717, 1.165) is 49.0 Å². The van der Waals surface area contributed by atoms with E-state index in [-0.39, 0.29) is 5.97 Å². The van der Waals surface area contributed by atoms with Crippen LogP contribution in [-0.4, -0.2) is 44.3 Å². The van der Waals surface area contributed by atoms with Gasteiger partial charge in [-0.1, -0.05) is 120 Å². The quantitative estimate of drug-likeness (QED) is 0.0739. The Kier molecular flexibility index (Phi) is 18.1. The Hall–Kier alpha value is -2.33. The lowest BCUT2D eigenvalue weighted by atomic mass is 10.0. The number of para-hydroxylation sites is 1. The first kappa shape index (κ1) is 33.9. The van der Waals surface area contributed by atoms with Crippen molar-refractivity contribution in [1.82, 2.24) is 0 Å². The minimum atomic E-state index is -0.0852. The number of quaternary nitrogens is 1. The molecule has 0 aliphatic carbocycles. The Balaban J connectivity index is 1.48. The number of unbranched alkanes of at least 4 members (excludes halogenated alkanes) is 11. The zero-order chi connectivity index (χ0) is 28.7. The van der Waals surface area contributed by atoms with Crippen LogP contribution in [-0.2, 0) is 22.5 Å². The van der Waals surface area contributed by atoms with Gasteiger partial charge in [-0.3, -0.25) is 4.79 Å². The molecule has 0 amide bonds. The Morgan fingerprint density at radius 3 is 1.98 bits per heavy atom. The van der Waals surface area contributed by atoms with Crippen molar-refractivity contribution in [3.05, 3.63) is 65.7 Å². The molecule has 2 aromatic carbocycles. The van der Waals surface area contributed by atoms with Gasteiger partial charge in [-0.15, -0.1) is 0 Å². The van der Waals surface area contributed by atoms with Gasteiger partial charge in [-0.25, -0.2) is 0 Å². The monoisotopic (exact) mass is 552 g/mol. The minimum absolute atomic E-state index is 0.0852. The van der Waals surface area contributed by atoms with Crippen LogP contribution < -0.4 is 4.74 Å². The van der Waals surface area contributed by atoms with Gasteiger partial charge in [-0.05, 0) is 37.3 Å².